The van der Waals surface area contributed by atoms with Gasteiger partial charge in [0.1, 0.15) is 10.8 Å². The Labute approximate surface area is 131 Å². The van der Waals surface area contributed by atoms with Gasteiger partial charge in [-0.25, -0.2) is 4.39 Å². The van der Waals surface area contributed by atoms with E-state index >= 15 is 0 Å². The van der Waals surface area contributed by atoms with E-state index in [0.29, 0.717) is 17.8 Å². The molecular formula is C15H14BrFN2S. The lowest BCUT2D eigenvalue weighted by molar-refractivity contribution is 0.624. The maximum Gasteiger partial charge on any atom is 0.135 e. The van der Waals surface area contributed by atoms with Crippen LogP contribution in [0.15, 0.2) is 46.9 Å². The molecule has 0 amide bonds. The average Bonchev–Trinajstić information content (AvgIpc) is 2.37. The van der Waals surface area contributed by atoms with E-state index in [0.717, 1.165) is 10.0 Å². The molecule has 0 heterocycles. The molecular weight excluding hydrogens is 339 g/mol. The first-order chi connectivity index (χ1) is 9.49. The molecule has 0 spiro atoms. The number of nitrogens with zero attached hydrogens (tertiary/aromatic N) is 1. The number of rotatable bonds is 4. The van der Waals surface area contributed by atoms with Crippen LogP contribution in [-0.4, -0.2) is 12.0 Å². The molecule has 2 rings (SSSR count). The highest BCUT2D eigenvalue weighted by Crippen LogP contribution is 2.24. The van der Waals surface area contributed by atoms with Crippen LogP contribution in [0.3, 0.4) is 0 Å². The minimum absolute atomic E-state index is 0.0687. The van der Waals surface area contributed by atoms with Crippen LogP contribution in [0.25, 0.3) is 0 Å². The summed E-state index contributed by atoms with van der Waals surface area (Å²) in [5.74, 6) is -0.393. The van der Waals surface area contributed by atoms with Gasteiger partial charge in [-0.3, -0.25) is 0 Å². The molecule has 0 saturated heterocycles. The summed E-state index contributed by atoms with van der Waals surface area (Å²) in [5, 5.41) is 0. The minimum Gasteiger partial charge on any atom is -0.389 e. The zero-order chi connectivity index (χ0) is 14.7. The van der Waals surface area contributed by atoms with Crippen molar-refractivity contribution in [3.8, 4) is 0 Å². The molecule has 0 aliphatic rings. The van der Waals surface area contributed by atoms with E-state index in [1.54, 1.807) is 6.07 Å². The summed E-state index contributed by atoms with van der Waals surface area (Å²) in [6.45, 7) is 0.637. The van der Waals surface area contributed by atoms with Crippen LogP contribution in [0.4, 0.5) is 10.1 Å². The van der Waals surface area contributed by atoms with E-state index in [1.807, 2.05) is 42.3 Å². The van der Waals surface area contributed by atoms with Crippen LogP contribution >= 0.6 is 28.1 Å². The number of hydrogen-bond donors (Lipinski definition) is 1. The fourth-order valence-corrected chi connectivity index (χ4v) is 2.72. The summed E-state index contributed by atoms with van der Waals surface area (Å²) in [6.07, 6.45) is 0. The van der Waals surface area contributed by atoms with Crippen LogP contribution in [0, 0.1) is 5.82 Å². The fraction of sp³-hybridized carbons (Fsp3) is 0.133. The van der Waals surface area contributed by atoms with Gasteiger partial charge in [-0.05, 0) is 29.8 Å². The van der Waals surface area contributed by atoms with Crippen LogP contribution < -0.4 is 10.6 Å². The Morgan fingerprint density at radius 3 is 2.65 bits per heavy atom. The lowest BCUT2D eigenvalue weighted by atomic mass is 10.1. The number of halogens is 2. The Morgan fingerprint density at radius 2 is 2.00 bits per heavy atom. The number of anilines is 1. The van der Waals surface area contributed by atoms with Crippen molar-refractivity contribution in [2.45, 2.75) is 6.54 Å². The summed E-state index contributed by atoms with van der Waals surface area (Å²) in [7, 11) is 1.89. The molecule has 5 heteroatoms. The van der Waals surface area contributed by atoms with E-state index < -0.39 is 5.82 Å². The number of hydrogen-bond acceptors (Lipinski definition) is 2. The Bertz CT molecular complexity index is 646. The quantitative estimate of drug-likeness (QED) is 0.847. The highest BCUT2D eigenvalue weighted by molar-refractivity contribution is 9.10. The number of nitrogens with two attached hydrogens (primary N) is 1. The third kappa shape index (κ3) is 3.35. The van der Waals surface area contributed by atoms with E-state index in [1.165, 1.54) is 6.07 Å². The SMILES string of the molecule is CN(Cc1cccc(Br)c1)c1cccc(F)c1C(N)=S. The highest BCUT2D eigenvalue weighted by Gasteiger charge is 2.14. The van der Waals surface area contributed by atoms with Crippen LogP contribution in [0.5, 0.6) is 0 Å². The molecule has 0 fully saturated rings. The van der Waals surface area contributed by atoms with Gasteiger partial charge in [0.25, 0.3) is 0 Å². The van der Waals surface area contributed by atoms with Crippen molar-refractivity contribution in [1.29, 1.82) is 0 Å². The number of benzene rings is 2. The van der Waals surface area contributed by atoms with Gasteiger partial charge in [0.15, 0.2) is 0 Å². The van der Waals surface area contributed by atoms with Gasteiger partial charge in [0.2, 0.25) is 0 Å². The lowest BCUT2D eigenvalue weighted by Crippen LogP contribution is -2.22. The molecule has 0 atom stereocenters. The summed E-state index contributed by atoms with van der Waals surface area (Å²) >= 11 is 8.38. The summed E-state index contributed by atoms with van der Waals surface area (Å²) < 4.78 is 14.9. The van der Waals surface area contributed by atoms with E-state index in [2.05, 4.69) is 15.9 Å². The third-order valence-electron chi connectivity index (χ3n) is 2.96. The summed E-state index contributed by atoms with van der Waals surface area (Å²) in [5.41, 5.74) is 7.72. The molecule has 0 aliphatic carbocycles. The predicted molar refractivity (Wildman–Crippen MR) is 88.5 cm³/mol. The Morgan fingerprint density at radius 1 is 1.30 bits per heavy atom. The molecule has 2 aromatic carbocycles. The second kappa shape index (κ2) is 6.33. The van der Waals surface area contributed by atoms with Gasteiger partial charge in [0.05, 0.1) is 5.56 Å². The molecule has 0 aromatic heterocycles. The zero-order valence-electron chi connectivity index (χ0n) is 10.9. The first-order valence-electron chi connectivity index (χ1n) is 6.03. The van der Waals surface area contributed by atoms with E-state index in [4.69, 9.17) is 18.0 Å². The van der Waals surface area contributed by atoms with Gasteiger partial charge in [0, 0.05) is 23.8 Å². The van der Waals surface area contributed by atoms with Crippen LogP contribution in [0.2, 0.25) is 0 Å². The number of thiocarbonyl (C=S) groups is 1. The molecule has 20 heavy (non-hydrogen) atoms. The maximum atomic E-state index is 13.9. The van der Waals surface area contributed by atoms with Crippen molar-refractivity contribution in [2.75, 3.05) is 11.9 Å². The summed E-state index contributed by atoms with van der Waals surface area (Å²) in [6, 6.07) is 12.8. The van der Waals surface area contributed by atoms with E-state index in [9.17, 15) is 4.39 Å². The van der Waals surface area contributed by atoms with Crippen molar-refractivity contribution < 1.29 is 4.39 Å². The van der Waals surface area contributed by atoms with Crippen molar-refractivity contribution in [3.63, 3.8) is 0 Å². The van der Waals surface area contributed by atoms with Crippen molar-refractivity contribution in [1.82, 2.24) is 0 Å². The second-order valence-corrected chi connectivity index (χ2v) is 5.84. The Hall–Kier alpha value is -1.46. The molecule has 0 aliphatic heterocycles. The maximum absolute atomic E-state index is 13.9. The van der Waals surface area contributed by atoms with Gasteiger partial charge in [-0.1, -0.05) is 46.3 Å². The normalized spacial score (nSPS) is 10.3. The Balaban J connectivity index is 2.32. The molecule has 104 valence electrons. The third-order valence-corrected chi connectivity index (χ3v) is 3.66. The van der Waals surface area contributed by atoms with Gasteiger partial charge in [-0.2, -0.15) is 0 Å². The van der Waals surface area contributed by atoms with Gasteiger partial charge < -0.3 is 10.6 Å². The topological polar surface area (TPSA) is 29.3 Å². The monoisotopic (exact) mass is 352 g/mol. The van der Waals surface area contributed by atoms with Crippen molar-refractivity contribution in [2.24, 2.45) is 5.73 Å². The summed E-state index contributed by atoms with van der Waals surface area (Å²) in [4.78, 5) is 2.00. The molecule has 0 unspecified atom stereocenters. The van der Waals surface area contributed by atoms with Crippen molar-refractivity contribution >= 4 is 38.8 Å². The minimum atomic E-state index is -0.393. The van der Waals surface area contributed by atoms with Crippen LogP contribution in [0.1, 0.15) is 11.1 Å². The molecule has 0 saturated carbocycles. The largest absolute Gasteiger partial charge is 0.389 e. The van der Waals surface area contributed by atoms with Gasteiger partial charge >= 0.3 is 0 Å². The molecule has 2 N–H and O–H groups in total. The molecule has 0 bridgehead atoms. The first-order valence-corrected chi connectivity index (χ1v) is 7.23. The molecule has 0 radical (unpaired) electrons. The zero-order valence-corrected chi connectivity index (χ0v) is 13.3. The fourth-order valence-electron chi connectivity index (χ4n) is 2.07. The molecule has 2 nitrogen and oxygen atoms in total. The van der Waals surface area contributed by atoms with E-state index in [-0.39, 0.29) is 4.99 Å². The first kappa shape index (κ1) is 14.9. The highest BCUT2D eigenvalue weighted by atomic mass is 79.9. The van der Waals surface area contributed by atoms with Gasteiger partial charge in [-0.15, -0.1) is 0 Å². The lowest BCUT2D eigenvalue weighted by Gasteiger charge is -2.22. The van der Waals surface area contributed by atoms with Crippen molar-refractivity contribution in [3.05, 3.63) is 63.9 Å². The Kier molecular flexibility index (Phi) is 4.73. The average molecular weight is 353 g/mol. The molecule has 2 aromatic rings. The second-order valence-electron chi connectivity index (χ2n) is 4.48. The predicted octanol–water partition coefficient (Wildman–Crippen LogP) is 3.86. The van der Waals surface area contributed by atoms with Crippen LogP contribution in [-0.2, 0) is 6.54 Å². The smallest absolute Gasteiger partial charge is 0.135 e. The standard InChI is InChI=1S/C15H14BrFN2S/c1-19(9-10-4-2-5-11(16)8-10)13-7-3-6-12(17)14(13)15(18)20/h2-8H,9H2,1H3,(H2,18,20).